The smallest absolute Gasteiger partial charge is 0.192 e. The van der Waals surface area contributed by atoms with Crippen LogP contribution in [0.4, 0.5) is 0 Å². The van der Waals surface area contributed by atoms with E-state index in [2.05, 4.69) is 0 Å². The van der Waals surface area contributed by atoms with E-state index in [-0.39, 0.29) is 22.9 Å². The van der Waals surface area contributed by atoms with Gasteiger partial charge in [0.25, 0.3) is 0 Å². The summed E-state index contributed by atoms with van der Waals surface area (Å²) in [5.41, 5.74) is 0. The van der Waals surface area contributed by atoms with Crippen molar-refractivity contribution in [2.75, 3.05) is 6.61 Å². The molecule has 4 heteroatoms. The number of thioether (sulfide) groups is 1. The van der Waals surface area contributed by atoms with Crippen LogP contribution in [0.2, 0.25) is 0 Å². The van der Waals surface area contributed by atoms with Crippen LogP contribution in [-0.2, 0) is 4.79 Å². The van der Waals surface area contributed by atoms with Gasteiger partial charge in [-0.25, -0.2) is 0 Å². The highest BCUT2D eigenvalue weighted by molar-refractivity contribution is 8.14. The monoisotopic (exact) mass is 248 g/mol. The summed E-state index contributed by atoms with van der Waals surface area (Å²) < 4.78 is -0.0757. The van der Waals surface area contributed by atoms with Crippen molar-refractivity contribution >= 4 is 16.9 Å². The summed E-state index contributed by atoms with van der Waals surface area (Å²) >= 11 is 1.29. The normalized spacial score (nSPS) is 13.8. The average molecular weight is 248 g/mol. The molecule has 16 heavy (non-hydrogen) atoms. The van der Waals surface area contributed by atoms with Crippen molar-refractivity contribution in [3.05, 3.63) is 0 Å². The zero-order chi connectivity index (χ0) is 12.6. The van der Waals surface area contributed by atoms with Gasteiger partial charge in [0.1, 0.15) is 0 Å². The van der Waals surface area contributed by atoms with Gasteiger partial charge < -0.3 is 10.2 Å². The fourth-order valence-electron chi connectivity index (χ4n) is 1.35. The number of carbonyl (C=O) groups excluding carboxylic acids is 1. The number of aliphatic hydroxyl groups excluding tert-OH is 2. The van der Waals surface area contributed by atoms with Gasteiger partial charge in [-0.15, -0.1) is 0 Å². The SMILES string of the molecule is CC(C)(C)SC(=O)C[C@@H](O)CCCCCO. The molecule has 0 spiro atoms. The molecule has 0 saturated carbocycles. The molecule has 96 valence electrons. The van der Waals surface area contributed by atoms with E-state index in [4.69, 9.17) is 5.11 Å². The van der Waals surface area contributed by atoms with E-state index >= 15 is 0 Å². The van der Waals surface area contributed by atoms with E-state index < -0.39 is 6.10 Å². The zero-order valence-electron chi connectivity index (χ0n) is 10.5. The second-order valence-electron chi connectivity index (χ2n) is 5.02. The Morgan fingerprint density at radius 3 is 2.38 bits per heavy atom. The summed E-state index contributed by atoms with van der Waals surface area (Å²) in [6.07, 6.45) is 2.92. The maximum Gasteiger partial charge on any atom is 0.192 e. The summed E-state index contributed by atoms with van der Waals surface area (Å²) in [5, 5.41) is 18.3. The fourth-order valence-corrected chi connectivity index (χ4v) is 2.30. The summed E-state index contributed by atoms with van der Waals surface area (Å²) in [4.78, 5) is 11.5. The number of unbranched alkanes of at least 4 members (excludes halogenated alkanes) is 2. The van der Waals surface area contributed by atoms with Crippen molar-refractivity contribution in [1.29, 1.82) is 0 Å². The summed E-state index contributed by atoms with van der Waals surface area (Å²) in [7, 11) is 0. The van der Waals surface area contributed by atoms with Crippen molar-refractivity contribution in [2.24, 2.45) is 0 Å². The molecule has 0 aliphatic heterocycles. The Balaban J connectivity index is 3.62. The van der Waals surface area contributed by atoms with E-state index in [1.165, 1.54) is 11.8 Å². The van der Waals surface area contributed by atoms with Crippen molar-refractivity contribution in [3.63, 3.8) is 0 Å². The molecule has 0 rings (SSSR count). The fraction of sp³-hybridized carbons (Fsp3) is 0.917. The molecule has 1 atom stereocenters. The van der Waals surface area contributed by atoms with Gasteiger partial charge >= 0.3 is 0 Å². The molecule has 2 N–H and O–H groups in total. The van der Waals surface area contributed by atoms with Crippen LogP contribution in [0.15, 0.2) is 0 Å². The first kappa shape index (κ1) is 15.9. The van der Waals surface area contributed by atoms with E-state index in [9.17, 15) is 9.90 Å². The second-order valence-corrected chi connectivity index (χ2v) is 6.90. The minimum absolute atomic E-state index is 0.0576. The summed E-state index contributed by atoms with van der Waals surface area (Å²) in [5.74, 6) is 0. The lowest BCUT2D eigenvalue weighted by Crippen LogP contribution is -2.17. The van der Waals surface area contributed by atoms with E-state index in [0.29, 0.717) is 6.42 Å². The maximum atomic E-state index is 11.5. The van der Waals surface area contributed by atoms with Crippen LogP contribution in [0.25, 0.3) is 0 Å². The van der Waals surface area contributed by atoms with E-state index in [1.54, 1.807) is 0 Å². The van der Waals surface area contributed by atoms with E-state index in [0.717, 1.165) is 19.3 Å². The topological polar surface area (TPSA) is 57.5 Å². The Bertz CT molecular complexity index is 199. The van der Waals surface area contributed by atoms with Crippen molar-refractivity contribution in [1.82, 2.24) is 0 Å². The molecule has 0 bridgehead atoms. The number of rotatable bonds is 7. The Morgan fingerprint density at radius 1 is 1.25 bits per heavy atom. The zero-order valence-corrected chi connectivity index (χ0v) is 11.3. The van der Waals surface area contributed by atoms with Crippen LogP contribution in [0.5, 0.6) is 0 Å². The molecule has 0 amide bonds. The summed E-state index contributed by atoms with van der Waals surface area (Å²) in [6, 6.07) is 0. The van der Waals surface area contributed by atoms with Crippen LogP contribution in [0.3, 0.4) is 0 Å². The minimum atomic E-state index is -0.527. The van der Waals surface area contributed by atoms with Crippen molar-refractivity contribution in [2.45, 2.75) is 63.7 Å². The lowest BCUT2D eigenvalue weighted by atomic mass is 10.1. The van der Waals surface area contributed by atoms with E-state index in [1.807, 2.05) is 20.8 Å². The predicted octanol–water partition coefficient (Wildman–Crippen LogP) is 2.35. The van der Waals surface area contributed by atoms with Crippen molar-refractivity contribution < 1.29 is 15.0 Å². The third-order valence-corrected chi connectivity index (χ3v) is 3.02. The summed E-state index contributed by atoms with van der Waals surface area (Å²) in [6.45, 7) is 6.17. The first-order chi connectivity index (χ1) is 7.35. The molecule has 0 aliphatic carbocycles. The Labute approximate surface area is 103 Å². The highest BCUT2D eigenvalue weighted by Gasteiger charge is 2.19. The minimum Gasteiger partial charge on any atom is -0.396 e. The van der Waals surface area contributed by atoms with Gasteiger partial charge in [0.05, 0.1) is 6.10 Å². The van der Waals surface area contributed by atoms with Crippen LogP contribution in [0, 0.1) is 0 Å². The molecule has 0 unspecified atom stereocenters. The van der Waals surface area contributed by atoms with Gasteiger partial charge in [-0.2, -0.15) is 0 Å². The molecule has 0 aliphatic rings. The third-order valence-electron chi connectivity index (χ3n) is 2.02. The second kappa shape index (κ2) is 8.09. The lowest BCUT2D eigenvalue weighted by molar-refractivity contribution is -0.112. The molecule has 0 aromatic rings. The Hall–Kier alpha value is -0.0600. The highest BCUT2D eigenvalue weighted by atomic mass is 32.2. The quantitative estimate of drug-likeness (QED) is 0.679. The molecule has 3 nitrogen and oxygen atoms in total. The predicted molar refractivity (Wildman–Crippen MR) is 68.5 cm³/mol. The molecule has 0 heterocycles. The van der Waals surface area contributed by atoms with Crippen LogP contribution in [0.1, 0.15) is 52.9 Å². The third kappa shape index (κ3) is 10.5. The molecule has 0 radical (unpaired) electrons. The lowest BCUT2D eigenvalue weighted by Gasteiger charge is -2.17. The first-order valence-electron chi connectivity index (χ1n) is 5.86. The van der Waals surface area contributed by atoms with Gasteiger partial charge in [-0.05, 0) is 12.8 Å². The number of hydrogen-bond acceptors (Lipinski definition) is 4. The van der Waals surface area contributed by atoms with Crippen LogP contribution >= 0.6 is 11.8 Å². The van der Waals surface area contributed by atoms with Crippen LogP contribution in [-0.4, -0.2) is 32.8 Å². The molecular weight excluding hydrogens is 224 g/mol. The number of hydrogen-bond donors (Lipinski definition) is 2. The molecule has 0 aromatic carbocycles. The van der Waals surface area contributed by atoms with Crippen LogP contribution < -0.4 is 0 Å². The largest absolute Gasteiger partial charge is 0.396 e. The van der Waals surface area contributed by atoms with Gasteiger partial charge in [0.15, 0.2) is 5.12 Å². The number of carbonyl (C=O) groups is 1. The maximum absolute atomic E-state index is 11.5. The van der Waals surface area contributed by atoms with Gasteiger partial charge in [-0.3, -0.25) is 4.79 Å². The van der Waals surface area contributed by atoms with Gasteiger partial charge in [-0.1, -0.05) is 45.4 Å². The average Bonchev–Trinajstić information content (AvgIpc) is 2.09. The standard InChI is InChI=1S/C12H24O3S/c1-12(2,3)16-11(15)9-10(14)7-5-4-6-8-13/h10,13-14H,4-9H2,1-3H3/t10-/m0/s1. The number of aliphatic hydroxyl groups is 2. The molecular formula is C12H24O3S. The Kier molecular flexibility index (Phi) is 8.06. The van der Waals surface area contributed by atoms with Gasteiger partial charge in [0, 0.05) is 17.8 Å². The first-order valence-corrected chi connectivity index (χ1v) is 6.67. The highest BCUT2D eigenvalue weighted by Crippen LogP contribution is 2.26. The molecule has 0 fully saturated rings. The van der Waals surface area contributed by atoms with Crippen molar-refractivity contribution in [3.8, 4) is 0 Å². The molecule has 0 saturated heterocycles. The molecule has 0 aromatic heterocycles. The Morgan fingerprint density at radius 2 is 1.88 bits per heavy atom. The van der Waals surface area contributed by atoms with Gasteiger partial charge in [0.2, 0.25) is 0 Å².